The van der Waals surface area contributed by atoms with Gasteiger partial charge in [0.05, 0.1) is 12.6 Å². The molecule has 17 heavy (non-hydrogen) atoms. The zero-order valence-corrected chi connectivity index (χ0v) is 11.6. The van der Waals surface area contributed by atoms with Crippen molar-refractivity contribution < 1.29 is 4.74 Å². The second-order valence-corrected chi connectivity index (χ2v) is 3.92. The fourth-order valence-electron chi connectivity index (χ4n) is 1.91. The molecule has 0 unspecified atom stereocenters. The van der Waals surface area contributed by atoms with E-state index in [4.69, 9.17) is 4.74 Å². The van der Waals surface area contributed by atoms with Gasteiger partial charge in [-0.2, -0.15) is 0 Å². The lowest BCUT2D eigenvalue weighted by Gasteiger charge is -2.08. The second kappa shape index (κ2) is 5.67. The van der Waals surface area contributed by atoms with Crippen LogP contribution in [-0.4, -0.2) is 12.1 Å². The number of hydrogen-bond donors (Lipinski definition) is 0. The van der Waals surface area contributed by atoms with Crippen LogP contribution in [0.25, 0.3) is 10.9 Å². The molecule has 0 atom stereocenters. The van der Waals surface area contributed by atoms with Crippen LogP contribution in [0.3, 0.4) is 0 Å². The zero-order valence-electron chi connectivity index (χ0n) is 11.6. The molecule has 0 spiro atoms. The molecule has 2 aromatic rings. The minimum absolute atomic E-state index is 0.897. The predicted octanol–water partition coefficient (Wildman–Crippen LogP) is 4.19. The molecule has 2 heteroatoms. The molecule has 0 fully saturated rings. The first kappa shape index (κ1) is 13.5. The van der Waals surface area contributed by atoms with E-state index in [1.54, 1.807) is 7.11 Å². The minimum atomic E-state index is 0.897. The molecule has 0 aliphatic rings. The van der Waals surface area contributed by atoms with Crippen LogP contribution < -0.4 is 4.74 Å². The molecule has 0 saturated carbocycles. The van der Waals surface area contributed by atoms with Crippen molar-refractivity contribution in [1.82, 2.24) is 4.98 Å². The average Bonchev–Trinajstić information content (AvgIpc) is 2.33. The van der Waals surface area contributed by atoms with Gasteiger partial charge in [0.15, 0.2) is 0 Å². The number of aryl methyl sites for hydroxylation is 3. The van der Waals surface area contributed by atoms with Crippen LogP contribution in [0.2, 0.25) is 0 Å². The highest BCUT2D eigenvalue weighted by molar-refractivity contribution is 5.86. The van der Waals surface area contributed by atoms with Gasteiger partial charge < -0.3 is 4.74 Å². The Hall–Kier alpha value is -1.57. The second-order valence-electron chi connectivity index (χ2n) is 3.92. The molecule has 2 nitrogen and oxygen atoms in total. The maximum Gasteiger partial charge on any atom is 0.119 e. The van der Waals surface area contributed by atoms with E-state index in [1.807, 2.05) is 32.9 Å². The first-order chi connectivity index (χ1) is 8.11. The van der Waals surface area contributed by atoms with Gasteiger partial charge in [0.25, 0.3) is 0 Å². The number of ether oxygens (including phenoxy) is 1. The first-order valence-corrected chi connectivity index (χ1v) is 6.04. The number of fused-ring (bicyclic) bond motifs is 1. The third kappa shape index (κ3) is 2.76. The molecule has 2 rings (SSSR count). The van der Waals surface area contributed by atoms with E-state index >= 15 is 0 Å². The molecule has 0 aliphatic heterocycles. The Balaban J connectivity index is 0.000000686. The normalized spacial score (nSPS) is 9.76. The standard InChI is InChI=1S/C13H15NO.C2H6/c1-8-5-10(3)14-13-9(2)6-11(15-4)7-12(8)13;1-2/h5-7H,1-4H3;1-2H3. The minimum Gasteiger partial charge on any atom is -0.497 e. The molecule has 1 aromatic heterocycles. The highest BCUT2D eigenvalue weighted by atomic mass is 16.5. The molecule has 0 saturated heterocycles. The number of hydrogen-bond acceptors (Lipinski definition) is 2. The largest absolute Gasteiger partial charge is 0.497 e. The molecule has 0 N–H and O–H groups in total. The third-order valence-electron chi connectivity index (χ3n) is 2.65. The lowest BCUT2D eigenvalue weighted by Crippen LogP contribution is -1.92. The molecule has 0 amide bonds. The number of benzene rings is 1. The lowest BCUT2D eigenvalue weighted by atomic mass is 10.1. The van der Waals surface area contributed by atoms with Crippen molar-refractivity contribution in [3.8, 4) is 5.75 Å². The highest BCUT2D eigenvalue weighted by Gasteiger charge is 2.05. The first-order valence-electron chi connectivity index (χ1n) is 6.04. The highest BCUT2D eigenvalue weighted by Crippen LogP contribution is 2.26. The molecular weight excluding hydrogens is 210 g/mol. The summed E-state index contributed by atoms with van der Waals surface area (Å²) in [5, 5.41) is 1.18. The van der Waals surface area contributed by atoms with E-state index in [-0.39, 0.29) is 0 Å². The van der Waals surface area contributed by atoms with Gasteiger partial charge in [0.1, 0.15) is 5.75 Å². The van der Waals surface area contributed by atoms with Crippen molar-refractivity contribution in [3.63, 3.8) is 0 Å². The third-order valence-corrected chi connectivity index (χ3v) is 2.65. The Labute approximate surface area is 104 Å². The van der Waals surface area contributed by atoms with Crippen LogP contribution in [0, 0.1) is 20.8 Å². The summed E-state index contributed by atoms with van der Waals surface area (Å²) < 4.78 is 5.26. The van der Waals surface area contributed by atoms with E-state index in [1.165, 1.54) is 10.9 Å². The van der Waals surface area contributed by atoms with Crippen molar-refractivity contribution in [2.45, 2.75) is 34.6 Å². The summed E-state index contributed by atoms with van der Waals surface area (Å²) in [6.07, 6.45) is 0. The maximum absolute atomic E-state index is 5.26. The van der Waals surface area contributed by atoms with Gasteiger partial charge in [-0.1, -0.05) is 13.8 Å². The number of rotatable bonds is 1. The van der Waals surface area contributed by atoms with Crippen molar-refractivity contribution >= 4 is 10.9 Å². The summed E-state index contributed by atoms with van der Waals surface area (Å²) in [7, 11) is 1.69. The average molecular weight is 231 g/mol. The fourth-order valence-corrected chi connectivity index (χ4v) is 1.91. The number of nitrogens with zero attached hydrogens (tertiary/aromatic N) is 1. The summed E-state index contributed by atoms with van der Waals surface area (Å²) in [5.74, 6) is 0.897. The maximum atomic E-state index is 5.26. The smallest absolute Gasteiger partial charge is 0.119 e. The van der Waals surface area contributed by atoms with Crippen LogP contribution in [0.5, 0.6) is 5.75 Å². The number of pyridine rings is 1. The van der Waals surface area contributed by atoms with E-state index in [0.29, 0.717) is 0 Å². The lowest BCUT2D eigenvalue weighted by molar-refractivity contribution is 0.415. The van der Waals surface area contributed by atoms with E-state index in [0.717, 1.165) is 22.5 Å². The number of methoxy groups -OCH3 is 1. The van der Waals surface area contributed by atoms with Crippen LogP contribution in [0.1, 0.15) is 30.7 Å². The van der Waals surface area contributed by atoms with Crippen LogP contribution in [0.4, 0.5) is 0 Å². The fraction of sp³-hybridized carbons (Fsp3) is 0.400. The summed E-state index contributed by atoms with van der Waals surface area (Å²) in [6.45, 7) is 10.2. The Morgan fingerprint density at radius 1 is 0.941 bits per heavy atom. The van der Waals surface area contributed by atoms with E-state index < -0.39 is 0 Å². The van der Waals surface area contributed by atoms with Gasteiger partial charge >= 0.3 is 0 Å². The molecular formula is C15H21NO. The van der Waals surface area contributed by atoms with Gasteiger partial charge in [-0.3, -0.25) is 4.98 Å². The molecule has 1 heterocycles. The zero-order chi connectivity index (χ0) is 13.0. The quantitative estimate of drug-likeness (QED) is 0.734. The number of aromatic nitrogens is 1. The molecule has 1 aromatic carbocycles. The van der Waals surface area contributed by atoms with Crippen molar-refractivity contribution in [2.24, 2.45) is 0 Å². The molecule has 0 aliphatic carbocycles. The van der Waals surface area contributed by atoms with Crippen molar-refractivity contribution in [3.05, 3.63) is 35.0 Å². The van der Waals surface area contributed by atoms with Crippen LogP contribution in [0.15, 0.2) is 18.2 Å². The van der Waals surface area contributed by atoms with E-state index in [2.05, 4.69) is 24.9 Å². The summed E-state index contributed by atoms with van der Waals surface area (Å²) in [4.78, 5) is 4.56. The van der Waals surface area contributed by atoms with E-state index in [9.17, 15) is 0 Å². The summed E-state index contributed by atoms with van der Waals surface area (Å²) in [5.41, 5.74) is 4.55. The van der Waals surface area contributed by atoms with Crippen molar-refractivity contribution in [2.75, 3.05) is 7.11 Å². The van der Waals surface area contributed by atoms with Gasteiger partial charge in [-0.05, 0) is 50.1 Å². The topological polar surface area (TPSA) is 22.1 Å². The monoisotopic (exact) mass is 231 g/mol. The molecule has 0 bridgehead atoms. The Bertz CT molecular complexity index is 518. The van der Waals surface area contributed by atoms with Gasteiger partial charge in [0, 0.05) is 11.1 Å². The summed E-state index contributed by atoms with van der Waals surface area (Å²) in [6, 6.07) is 6.17. The molecule has 0 radical (unpaired) electrons. The Morgan fingerprint density at radius 2 is 1.59 bits per heavy atom. The Morgan fingerprint density at radius 3 is 2.18 bits per heavy atom. The Kier molecular flexibility index (Phi) is 4.50. The SMILES string of the molecule is CC.COc1cc(C)c2nc(C)cc(C)c2c1. The van der Waals surface area contributed by atoms with Crippen LogP contribution in [-0.2, 0) is 0 Å². The molecule has 92 valence electrons. The van der Waals surface area contributed by atoms with Gasteiger partial charge in [0.2, 0.25) is 0 Å². The predicted molar refractivity (Wildman–Crippen MR) is 73.9 cm³/mol. The van der Waals surface area contributed by atoms with Crippen molar-refractivity contribution in [1.29, 1.82) is 0 Å². The van der Waals surface area contributed by atoms with Gasteiger partial charge in [-0.15, -0.1) is 0 Å². The summed E-state index contributed by atoms with van der Waals surface area (Å²) >= 11 is 0. The van der Waals surface area contributed by atoms with Crippen LogP contribution >= 0.6 is 0 Å². The van der Waals surface area contributed by atoms with Gasteiger partial charge in [-0.25, -0.2) is 0 Å².